The van der Waals surface area contributed by atoms with E-state index in [4.69, 9.17) is 46.8 Å². The van der Waals surface area contributed by atoms with Crippen LogP contribution in [-0.2, 0) is 16.1 Å². The molecule has 3 rings (SSSR count). The highest BCUT2D eigenvalue weighted by molar-refractivity contribution is 5.98. The molecule has 8 N–H and O–H groups in total. The number of alkyl halides is 6. The van der Waals surface area contributed by atoms with Gasteiger partial charge < -0.3 is 31.3 Å². The monoisotopic (exact) mass is 643 g/mol. The van der Waals surface area contributed by atoms with Gasteiger partial charge in [-0.2, -0.15) is 26.3 Å². The number of aliphatic carboxylic acids is 2. The minimum absolute atomic E-state index is 0.0275. The van der Waals surface area contributed by atoms with Crippen molar-refractivity contribution in [3.63, 3.8) is 0 Å². The Kier molecular flexibility index (Phi) is 14.0. The lowest BCUT2D eigenvalue weighted by atomic mass is 10.1. The fourth-order valence-electron chi connectivity index (χ4n) is 3.06. The molecule has 11 nitrogen and oxygen atoms in total. The number of hydrogen-bond donors (Lipinski definition) is 6. The highest BCUT2D eigenvalue weighted by Crippen LogP contribution is 2.16. The third-order valence-electron chi connectivity index (χ3n) is 5.21. The number of carboxylic acid groups (broad SMARTS) is 2. The summed E-state index contributed by atoms with van der Waals surface area (Å²) in [4.78, 5) is 32.7. The maximum absolute atomic E-state index is 13.2. The number of carbonyl (C=O) groups is 3. The van der Waals surface area contributed by atoms with Crippen molar-refractivity contribution in [1.82, 2.24) is 4.90 Å². The average Bonchev–Trinajstić information content (AvgIpc) is 2.96. The van der Waals surface area contributed by atoms with Gasteiger partial charge in [-0.15, -0.1) is 0 Å². The molecular weight excluding hydrogens is 616 g/mol. The molecule has 0 aliphatic rings. The van der Waals surface area contributed by atoms with Crippen LogP contribution in [0.5, 0.6) is 5.75 Å². The molecule has 0 heterocycles. The Bertz CT molecular complexity index is 1440. The molecule has 0 aliphatic carbocycles. The van der Waals surface area contributed by atoms with Gasteiger partial charge in [-0.1, -0.05) is 54.6 Å². The van der Waals surface area contributed by atoms with E-state index < -0.39 is 24.3 Å². The summed E-state index contributed by atoms with van der Waals surface area (Å²) < 4.78 is 69.3. The summed E-state index contributed by atoms with van der Waals surface area (Å²) >= 11 is 0. The second kappa shape index (κ2) is 16.9. The van der Waals surface area contributed by atoms with E-state index in [1.807, 2.05) is 30.3 Å². The number of nitrogens with two attached hydrogens (primary N) is 2. The molecule has 0 saturated carbocycles. The minimum atomic E-state index is -5.08. The van der Waals surface area contributed by atoms with Crippen LogP contribution >= 0.6 is 0 Å². The number of carbonyl (C=O) groups excluding carboxylic acids is 1. The summed E-state index contributed by atoms with van der Waals surface area (Å²) in [7, 11) is 0. The van der Waals surface area contributed by atoms with Crippen LogP contribution in [0.4, 0.5) is 26.3 Å². The fourth-order valence-corrected chi connectivity index (χ4v) is 3.06. The first-order valence-electron chi connectivity index (χ1n) is 12.3. The molecule has 0 fully saturated rings. The number of carboxylic acids is 2. The van der Waals surface area contributed by atoms with Gasteiger partial charge in [0.25, 0.3) is 5.91 Å². The van der Waals surface area contributed by atoms with Gasteiger partial charge in [0.05, 0.1) is 6.54 Å². The van der Waals surface area contributed by atoms with Crippen LogP contribution in [0.15, 0.2) is 78.9 Å². The first-order chi connectivity index (χ1) is 20.8. The third-order valence-corrected chi connectivity index (χ3v) is 5.21. The Labute approximate surface area is 251 Å². The molecule has 3 aromatic carbocycles. The van der Waals surface area contributed by atoms with Crippen molar-refractivity contribution in [2.24, 2.45) is 11.5 Å². The quantitative estimate of drug-likeness (QED) is 0.113. The van der Waals surface area contributed by atoms with E-state index in [9.17, 15) is 31.1 Å². The molecule has 45 heavy (non-hydrogen) atoms. The molecule has 242 valence electrons. The lowest BCUT2D eigenvalue weighted by molar-refractivity contribution is -0.193. The van der Waals surface area contributed by atoms with Crippen molar-refractivity contribution in [2.75, 3.05) is 13.2 Å². The number of amidine groups is 2. The van der Waals surface area contributed by atoms with E-state index in [1.54, 1.807) is 53.4 Å². The number of halogens is 6. The Balaban J connectivity index is 0.000000601. The fraction of sp³-hybridized carbons (Fsp3) is 0.179. The molecule has 0 saturated heterocycles. The average molecular weight is 644 g/mol. The number of nitrogens with zero attached hydrogens (tertiary/aromatic N) is 1. The zero-order chi connectivity index (χ0) is 34.4. The van der Waals surface area contributed by atoms with E-state index in [0.29, 0.717) is 35.5 Å². The van der Waals surface area contributed by atoms with Gasteiger partial charge in [-0.3, -0.25) is 15.6 Å². The Morgan fingerprint density at radius 1 is 0.711 bits per heavy atom. The standard InChI is InChI=1S/C24H25N5O2.2C2HF3O2/c25-22(26)18-9-11-19(12-10-18)24(30)29(16-17-5-2-1-3-6-17)13-14-31-21-8-4-7-20(15-21)23(27)28;2*3-2(4,5)1(6)7/h1-12,15H,13-14,16H2,(H3,25,26)(H3,27,28);2*(H,6,7). The molecule has 0 unspecified atom stereocenters. The zero-order valence-electron chi connectivity index (χ0n) is 23.0. The third kappa shape index (κ3) is 13.9. The van der Waals surface area contributed by atoms with Gasteiger partial charge in [0.2, 0.25) is 0 Å². The van der Waals surface area contributed by atoms with E-state index in [2.05, 4.69) is 0 Å². The highest BCUT2D eigenvalue weighted by atomic mass is 19.4. The number of nitrogen functional groups attached to an aromatic ring is 2. The maximum Gasteiger partial charge on any atom is 0.490 e. The number of nitrogens with one attached hydrogen (secondary N) is 2. The van der Waals surface area contributed by atoms with Gasteiger partial charge in [0.15, 0.2) is 0 Å². The maximum atomic E-state index is 13.2. The molecular formula is C28H27F6N5O6. The predicted octanol–water partition coefficient (Wildman–Crippen LogP) is 4.24. The lowest BCUT2D eigenvalue weighted by Crippen LogP contribution is -2.34. The number of rotatable bonds is 9. The molecule has 1 amide bonds. The predicted molar refractivity (Wildman–Crippen MR) is 149 cm³/mol. The Morgan fingerprint density at radius 2 is 1.18 bits per heavy atom. The number of benzene rings is 3. The van der Waals surface area contributed by atoms with E-state index >= 15 is 0 Å². The SMILES string of the molecule is N=C(N)c1ccc(C(=O)N(CCOc2cccc(C(=N)N)c2)Cc2ccccc2)cc1.O=C(O)C(F)(F)F.O=C(O)C(F)(F)F. The summed E-state index contributed by atoms with van der Waals surface area (Å²) in [5.74, 6) is -5.13. The highest BCUT2D eigenvalue weighted by Gasteiger charge is 2.38. The van der Waals surface area contributed by atoms with E-state index in [-0.39, 0.29) is 24.2 Å². The summed E-state index contributed by atoms with van der Waals surface area (Å²) in [6.45, 7) is 1.09. The van der Waals surface area contributed by atoms with Crippen molar-refractivity contribution < 1.29 is 55.7 Å². The molecule has 0 bridgehead atoms. The zero-order valence-corrected chi connectivity index (χ0v) is 23.0. The molecule has 17 heteroatoms. The lowest BCUT2D eigenvalue weighted by Gasteiger charge is -2.23. The second-order valence-electron chi connectivity index (χ2n) is 8.60. The van der Waals surface area contributed by atoms with Crippen LogP contribution in [0, 0.1) is 10.8 Å². The summed E-state index contributed by atoms with van der Waals surface area (Å²) in [6.07, 6.45) is -10.2. The summed E-state index contributed by atoms with van der Waals surface area (Å²) in [6, 6.07) is 23.4. The minimum Gasteiger partial charge on any atom is -0.492 e. The van der Waals surface area contributed by atoms with Gasteiger partial charge in [-0.25, -0.2) is 9.59 Å². The smallest absolute Gasteiger partial charge is 0.490 e. The molecule has 0 spiro atoms. The second-order valence-corrected chi connectivity index (χ2v) is 8.60. The summed E-state index contributed by atoms with van der Waals surface area (Å²) in [5.41, 5.74) is 13.7. The van der Waals surface area contributed by atoms with Crippen LogP contribution in [0.3, 0.4) is 0 Å². The molecule has 0 atom stereocenters. The molecule has 0 aromatic heterocycles. The van der Waals surface area contributed by atoms with Crippen LogP contribution in [0.25, 0.3) is 0 Å². The Hall–Kier alpha value is -5.61. The van der Waals surface area contributed by atoms with Gasteiger partial charge in [0.1, 0.15) is 24.0 Å². The van der Waals surface area contributed by atoms with Crippen molar-refractivity contribution >= 4 is 29.5 Å². The van der Waals surface area contributed by atoms with Crippen LogP contribution in [0.2, 0.25) is 0 Å². The largest absolute Gasteiger partial charge is 0.492 e. The van der Waals surface area contributed by atoms with Crippen molar-refractivity contribution in [3.05, 3.63) is 101 Å². The first-order valence-corrected chi connectivity index (χ1v) is 12.3. The van der Waals surface area contributed by atoms with Gasteiger partial charge >= 0.3 is 24.3 Å². The molecule has 0 radical (unpaired) electrons. The molecule has 0 aliphatic heterocycles. The topological polar surface area (TPSA) is 204 Å². The number of amides is 1. The molecule has 3 aromatic rings. The van der Waals surface area contributed by atoms with Crippen LogP contribution in [-0.4, -0.2) is 70.1 Å². The van der Waals surface area contributed by atoms with Gasteiger partial charge in [0, 0.05) is 23.2 Å². The first kappa shape index (κ1) is 37.4. The van der Waals surface area contributed by atoms with Crippen molar-refractivity contribution in [1.29, 1.82) is 10.8 Å². The normalized spacial score (nSPS) is 10.6. The van der Waals surface area contributed by atoms with E-state index in [0.717, 1.165) is 5.56 Å². The Morgan fingerprint density at radius 3 is 1.62 bits per heavy atom. The van der Waals surface area contributed by atoms with Crippen LogP contribution in [0.1, 0.15) is 27.0 Å². The van der Waals surface area contributed by atoms with E-state index in [1.165, 1.54) is 0 Å². The summed E-state index contributed by atoms with van der Waals surface area (Å²) in [5, 5.41) is 29.3. The number of ether oxygens (including phenoxy) is 1. The van der Waals surface area contributed by atoms with Gasteiger partial charge in [-0.05, 0) is 29.8 Å². The van der Waals surface area contributed by atoms with Crippen molar-refractivity contribution in [2.45, 2.75) is 18.9 Å². The van der Waals surface area contributed by atoms with Crippen molar-refractivity contribution in [3.8, 4) is 5.75 Å². The number of hydrogen-bond acceptors (Lipinski definition) is 6. The van der Waals surface area contributed by atoms with Crippen LogP contribution < -0.4 is 16.2 Å².